The molecule has 68 heavy (non-hydrogen) atoms. The largest absolute Gasteiger partial charge is 0.464 e. The van der Waals surface area contributed by atoms with Crippen LogP contribution in [0.15, 0.2) is 36.0 Å². The van der Waals surface area contributed by atoms with Crippen molar-refractivity contribution in [2.24, 2.45) is 46.3 Å². The molecule has 1 heterocycles. The average Bonchev–Trinajstić information content (AvgIpc) is 3.68. The Kier molecular flexibility index (Phi) is 25.6. The molecule has 3 saturated carbocycles. The fraction of sp³-hybridized carbons (Fsp3) is 0.867. The standard InChI is InChI=1S/C60H104N2O6.H2/c1-8-9-10-11-12-13-14-15-16-17-18-19-20-21-22-26-41-65-46-52(45-62-39-24-23-25-40-62)66-42-28-43-67-57(63)49(5)61-58(64)68-51-35-37-59(6)50(44-51)31-32-53-55-34-33-54(48(4)30-27-29-47(2)3)60(55,7)38-36-56(53)59;/h12-13,15-16,31,47-49,51-56H,8-11,14,17-30,32-46H2,1-7H3,(H,61,64);1H/b13-12-,16-15-;/t48?,49?,51?,52?,53?,54?,55?,56?,59?,60-;/m1./s1. The summed E-state index contributed by atoms with van der Waals surface area (Å²) in [6.07, 6.45) is 44.1. The predicted molar refractivity (Wildman–Crippen MR) is 284 cm³/mol. The number of esters is 1. The van der Waals surface area contributed by atoms with Gasteiger partial charge in [0, 0.05) is 27.4 Å². The second-order valence-corrected chi connectivity index (χ2v) is 23.5. The van der Waals surface area contributed by atoms with E-state index in [-0.39, 0.29) is 25.7 Å². The van der Waals surface area contributed by atoms with Gasteiger partial charge in [-0.15, -0.1) is 0 Å². The van der Waals surface area contributed by atoms with Gasteiger partial charge in [0.2, 0.25) is 0 Å². The number of hydrogen-bond donors (Lipinski definition) is 1. The van der Waals surface area contributed by atoms with Crippen molar-refractivity contribution in [1.82, 2.24) is 10.2 Å². The minimum Gasteiger partial charge on any atom is -0.464 e. The molecular weight excluding hydrogens is 845 g/mol. The van der Waals surface area contributed by atoms with Crippen LogP contribution >= 0.6 is 0 Å². The Bertz CT molecular complexity index is 1530. The first-order valence-corrected chi connectivity index (χ1v) is 29.0. The summed E-state index contributed by atoms with van der Waals surface area (Å²) in [5, 5.41) is 2.77. The van der Waals surface area contributed by atoms with E-state index in [2.05, 4.69) is 82.1 Å². The van der Waals surface area contributed by atoms with Crippen LogP contribution in [0.1, 0.15) is 223 Å². The second kappa shape index (κ2) is 30.7. The number of hydrogen-bond acceptors (Lipinski definition) is 7. The molecule has 0 spiro atoms. The van der Waals surface area contributed by atoms with Crippen molar-refractivity contribution >= 4 is 12.1 Å². The number of allylic oxidation sites excluding steroid dienone is 5. The summed E-state index contributed by atoms with van der Waals surface area (Å²) in [4.78, 5) is 28.6. The minimum atomic E-state index is -0.781. The number of likely N-dealkylation sites (tertiary alicyclic amines) is 1. The van der Waals surface area contributed by atoms with Crippen molar-refractivity contribution in [2.75, 3.05) is 46.1 Å². The molecule has 4 fully saturated rings. The van der Waals surface area contributed by atoms with Crippen molar-refractivity contribution in [3.63, 3.8) is 0 Å². The fourth-order valence-electron chi connectivity index (χ4n) is 13.8. The Labute approximate surface area is 419 Å². The molecule has 392 valence electrons. The summed E-state index contributed by atoms with van der Waals surface area (Å²) in [6, 6.07) is -0.781. The van der Waals surface area contributed by atoms with Gasteiger partial charge in [0.1, 0.15) is 12.1 Å². The van der Waals surface area contributed by atoms with Gasteiger partial charge in [-0.3, -0.25) is 0 Å². The lowest BCUT2D eigenvalue weighted by molar-refractivity contribution is -0.146. The molecule has 9 unspecified atom stereocenters. The highest BCUT2D eigenvalue weighted by molar-refractivity contribution is 5.80. The molecule has 1 N–H and O–H groups in total. The van der Waals surface area contributed by atoms with E-state index in [1.807, 2.05) is 0 Å². The molecule has 1 amide bonds. The number of rotatable bonds is 32. The first-order chi connectivity index (χ1) is 32.9. The van der Waals surface area contributed by atoms with E-state index >= 15 is 0 Å². The predicted octanol–water partition coefficient (Wildman–Crippen LogP) is 15.4. The number of carbonyl (C=O) groups excluding carboxylic acids is 2. The van der Waals surface area contributed by atoms with E-state index in [1.165, 1.54) is 140 Å². The Balaban J connectivity index is 0.0000104. The lowest BCUT2D eigenvalue weighted by Crippen LogP contribution is -2.51. The summed E-state index contributed by atoms with van der Waals surface area (Å²) < 4.78 is 24.1. The van der Waals surface area contributed by atoms with E-state index in [9.17, 15) is 9.59 Å². The SMILES string of the molecule is CCCCC/C=C\C/C=C\CCCCCCCCOCC(CN1CCCCC1)OCCCOC(=O)C(C)NC(=O)OC1CCC2(C)C(=CCC3C2CC[C@]2(C)C(C(C)CCCC(C)C)CCC32)C1.[HH]. The van der Waals surface area contributed by atoms with Gasteiger partial charge >= 0.3 is 12.1 Å². The van der Waals surface area contributed by atoms with Gasteiger partial charge in [-0.1, -0.05) is 142 Å². The van der Waals surface area contributed by atoms with Crippen LogP contribution in [0, 0.1) is 46.3 Å². The molecule has 0 aromatic carbocycles. The normalized spacial score (nSPS) is 28.8. The highest BCUT2D eigenvalue weighted by atomic mass is 16.6. The Morgan fingerprint density at radius 3 is 2.28 bits per heavy atom. The molecular formula is C60H106N2O6. The topological polar surface area (TPSA) is 86.3 Å². The Hall–Kier alpha value is -2.16. The summed E-state index contributed by atoms with van der Waals surface area (Å²) in [5.74, 6) is 4.41. The molecule has 0 aromatic rings. The maximum Gasteiger partial charge on any atom is 0.408 e. The van der Waals surface area contributed by atoms with Gasteiger partial charge < -0.3 is 29.2 Å². The van der Waals surface area contributed by atoms with E-state index in [0.717, 1.165) is 93.9 Å². The Morgan fingerprint density at radius 1 is 0.794 bits per heavy atom. The number of nitrogens with zero attached hydrogens (tertiary/aromatic N) is 1. The smallest absolute Gasteiger partial charge is 0.408 e. The molecule has 5 aliphatic rings. The van der Waals surface area contributed by atoms with E-state index in [1.54, 1.807) is 6.92 Å². The third-order valence-corrected chi connectivity index (χ3v) is 17.8. The molecule has 8 nitrogen and oxygen atoms in total. The van der Waals surface area contributed by atoms with Crippen molar-refractivity contribution in [3.05, 3.63) is 36.0 Å². The summed E-state index contributed by atoms with van der Waals surface area (Å²) in [6.45, 7) is 21.7. The van der Waals surface area contributed by atoms with Crippen molar-refractivity contribution in [3.8, 4) is 0 Å². The molecule has 0 radical (unpaired) electrons. The van der Waals surface area contributed by atoms with Crippen LogP contribution in [0.5, 0.6) is 0 Å². The molecule has 4 aliphatic carbocycles. The highest BCUT2D eigenvalue weighted by Gasteiger charge is 2.59. The van der Waals surface area contributed by atoms with Crippen LogP contribution in [0.2, 0.25) is 0 Å². The first kappa shape index (κ1) is 56.8. The van der Waals surface area contributed by atoms with Gasteiger partial charge in [-0.05, 0) is 163 Å². The molecule has 1 saturated heterocycles. The zero-order valence-corrected chi connectivity index (χ0v) is 45.0. The van der Waals surface area contributed by atoms with Gasteiger partial charge in [-0.25, -0.2) is 9.59 Å². The third-order valence-electron chi connectivity index (χ3n) is 17.8. The number of fused-ring (bicyclic) bond motifs is 5. The maximum absolute atomic E-state index is 13.1. The lowest BCUT2D eigenvalue weighted by atomic mass is 9.47. The van der Waals surface area contributed by atoms with Crippen LogP contribution in [0.25, 0.3) is 0 Å². The molecule has 0 aromatic heterocycles. The number of nitrogens with one attached hydrogen (secondary N) is 1. The van der Waals surface area contributed by atoms with E-state index in [4.69, 9.17) is 18.9 Å². The maximum atomic E-state index is 13.1. The zero-order valence-electron chi connectivity index (χ0n) is 45.0. The monoisotopic (exact) mass is 951 g/mol. The van der Waals surface area contributed by atoms with Crippen LogP contribution in [-0.4, -0.2) is 81.3 Å². The minimum absolute atomic E-state index is 0. The summed E-state index contributed by atoms with van der Waals surface area (Å²) >= 11 is 0. The van der Waals surface area contributed by atoms with E-state index < -0.39 is 18.1 Å². The number of amides is 1. The van der Waals surface area contributed by atoms with Crippen molar-refractivity contribution in [2.45, 2.75) is 240 Å². The number of alkyl carbamates (subject to hydrolysis) is 1. The highest BCUT2D eigenvalue weighted by Crippen LogP contribution is 2.67. The van der Waals surface area contributed by atoms with Crippen LogP contribution < -0.4 is 5.32 Å². The summed E-state index contributed by atoms with van der Waals surface area (Å²) in [5.41, 5.74) is 2.19. The lowest BCUT2D eigenvalue weighted by Gasteiger charge is -2.58. The van der Waals surface area contributed by atoms with Gasteiger partial charge in [-0.2, -0.15) is 0 Å². The number of carbonyl (C=O) groups is 2. The van der Waals surface area contributed by atoms with Crippen molar-refractivity contribution < 1.29 is 30.0 Å². The molecule has 8 heteroatoms. The number of unbranched alkanes of at least 4 members (excludes halogenated alkanes) is 9. The van der Waals surface area contributed by atoms with Crippen molar-refractivity contribution in [1.29, 1.82) is 0 Å². The average molecular weight is 952 g/mol. The van der Waals surface area contributed by atoms with Gasteiger partial charge in [0.05, 0.1) is 25.9 Å². The third kappa shape index (κ3) is 18.2. The number of piperidine rings is 1. The van der Waals surface area contributed by atoms with Crippen LogP contribution in [0.3, 0.4) is 0 Å². The van der Waals surface area contributed by atoms with Crippen LogP contribution in [-0.2, 0) is 23.7 Å². The number of ether oxygens (including phenoxy) is 4. The Morgan fingerprint density at radius 2 is 1.53 bits per heavy atom. The van der Waals surface area contributed by atoms with E-state index in [0.29, 0.717) is 25.0 Å². The van der Waals surface area contributed by atoms with Gasteiger partial charge in [0.15, 0.2) is 0 Å². The fourth-order valence-corrected chi connectivity index (χ4v) is 13.8. The molecule has 1 aliphatic heterocycles. The quantitative estimate of drug-likeness (QED) is 0.0408. The summed E-state index contributed by atoms with van der Waals surface area (Å²) in [7, 11) is 0. The molecule has 10 atom stereocenters. The zero-order chi connectivity index (χ0) is 48.6. The molecule has 0 bridgehead atoms. The van der Waals surface area contributed by atoms with Gasteiger partial charge in [0.25, 0.3) is 0 Å². The molecule has 5 rings (SSSR count). The van der Waals surface area contributed by atoms with Crippen LogP contribution in [0.4, 0.5) is 4.79 Å². The first-order valence-electron chi connectivity index (χ1n) is 29.0. The second-order valence-electron chi connectivity index (χ2n) is 23.5.